The molecule has 8 heteroatoms. The van der Waals surface area contributed by atoms with Crippen molar-refractivity contribution in [2.75, 3.05) is 16.8 Å². The number of nitrogens with zero attached hydrogens (tertiary/aromatic N) is 2. The summed E-state index contributed by atoms with van der Waals surface area (Å²) in [4.78, 5) is 30.8. The number of pyridine rings is 1. The molecule has 1 aromatic carbocycles. The molecule has 0 aliphatic carbocycles. The average molecular weight is 347 g/mol. The van der Waals surface area contributed by atoms with E-state index in [1.807, 2.05) is 0 Å². The summed E-state index contributed by atoms with van der Waals surface area (Å²) in [6.07, 6.45) is 1.51. The molecular formula is C17H15F2N3O3. The Balaban J connectivity index is 1.95. The van der Waals surface area contributed by atoms with Gasteiger partial charge in [-0.1, -0.05) is 0 Å². The van der Waals surface area contributed by atoms with Gasteiger partial charge >= 0.3 is 0 Å². The summed E-state index contributed by atoms with van der Waals surface area (Å²) in [5, 5.41) is 2.28. The van der Waals surface area contributed by atoms with Gasteiger partial charge in [0.25, 0.3) is 17.4 Å². The average Bonchev–Trinajstić information content (AvgIpc) is 2.58. The van der Waals surface area contributed by atoms with Crippen molar-refractivity contribution >= 4 is 23.3 Å². The first-order valence-corrected chi connectivity index (χ1v) is 7.59. The molecule has 0 fully saturated rings. The van der Waals surface area contributed by atoms with E-state index >= 15 is 0 Å². The first-order valence-electron chi connectivity index (χ1n) is 7.59. The molecule has 0 saturated carbocycles. The monoisotopic (exact) mass is 347 g/mol. The minimum atomic E-state index is -1.91. The van der Waals surface area contributed by atoms with E-state index in [1.165, 1.54) is 18.0 Å². The number of likely N-dealkylation sites (N-methyl/N-ethyl adjacent to an activating group) is 1. The van der Waals surface area contributed by atoms with E-state index in [9.17, 15) is 18.4 Å². The number of halogens is 2. The topological polar surface area (TPSA) is 71.5 Å². The van der Waals surface area contributed by atoms with Crippen LogP contribution >= 0.6 is 0 Å². The molecule has 2 heterocycles. The van der Waals surface area contributed by atoms with E-state index < -0.39 is 29.0 Å². The largest absolute Gasteiger partial charge is 0.464 e. The number of hydrogen-bond acceptors (Lipinski definition) is 4. The Morgan fingerprint density at radius 3 is 2.80 bits per heavy atom. The molecule has 1 N–H and O–H groups in total. The van der Waals surface area contributed by atoms with Gasteiger partial charge in [0.05, 0.1) is 5.69 Å². The van der Waals surface area contributed by atoms with Crippen LogP contribution in [0.5, 0.6) is 5.75 Å². The van der Waals surface area contributed by atoms with Gasteiger partial charge in [0.15, 0.2) is 11.6 Å². The predicted molar refractivity (Wildman–Crippen MR) is 86.3 cm³/mol. The van der Waals surface area contributed by atoms with Crippen molar-refractivity contribution in [2.45, 2.75) is 19.4 Å². The summed E-state index contributed by atoms with van der Waals surface area (Å²) in [5.41, 5.74) is -2.16. The second kappa shape index (κ2) is 6.12. The standard InChI is InChI=1S/C17H15F2N3O3/c1-3-22-14-13(5-4-8-20-14)25-17(2,16(22)24)15(23)21-12-7-6-10(18)9-11(12)19/h4-9H,3H2,1-2H3,(H,21,23)/t17-/m0/s1. The highest BCUT2D eigenvalue weighted by molar-refractivity contribution is 6.19. The third kappa shape index (κ3) is 2.79. The van der Waals surface area contributed by atoms with Crippen molar-refractivity contribution in [2.24, 2.45) is 0 Å². The van der Waals surface area contributed by atoms with Crippen molar-refractivity contribution in [1.29, 1.82) is 0 Å². The van der Waals surface area contributed by atoms with Gasteiger partial charge in [-0.3, -0.25) is 14.5 Å². The Bertz CT molecular complexity index is 859. The van der Waals surface area contributed by atoms with Crippen LogP contribution in [0.2, 0.25) is 0 Å². The Labute approximate surface area is 142 Å². The maximum absolute atomic E-state index is 13.8. The highest BCUT2D eigenvalue weighted by Crippen LogP contribution is 2.36. The highest BCUT2D eigenvalue weighted by atomic mass is 19.1. The molecule has 1 aliphatic rings. The van der Waals surface area contributed by atoms with Crippen LogP contribution in [-0.2, 0) is 9.59 Å². The number of aromatic nitrogens is 1. The van der Waals surface area contributed by atoms with Crippen LogP contribution in [0.3, 0.4) is 0 Å². The second-order valence-electron chi connectivity index (χ2n) is 5.59. The molecule has 0 saturated heterocycles. The van der Waals surface area contributed by atoms with E-state index in [2.05, 4.69) is 10.3 Å². The first kappa shape index (κ1) is 16.8. The van der Waals surface area contributed by atoms with Gasteiger partial charge in [-0.15, -0.1) is 0 Å². The normalized spacial score (nSPS) is 19.2. The molecule has 130 valence electrons. The summed E-state index contributed by atoms with van der Waals surface area (Å²) in [6, 6.07) is 5.91. The van der Waals surface area contributed by atoms with Gasteiger partial charge in [0, 0.05) is 18.8 Å². The van der Waals surface area contributed by atoms with Crippen molar-refractivity contribution < 1.29 is 23.1 Å². The third-order valence-corrected chi connectivity index (χ3v) is 3.90. The summed E-state index contributed by atoms with van der Waals surface area (Å²) >= 11 is 0. The number of carbonyl (C=O) groups is 2. The van der Waals surface area contributed by atoms with Crippen LogP contribution in [0.4, 0.5) is 20.3 Å². The van der Waals surface area contributed by atoms with E-state index in [0.717, 1.165) is 12.1 Å². The molecule has 3 rings (SSSR count). The molecular weight excluding hydrogens is 332 g/mol. The molecule has 25 heavy (non-hydrogen) atoms. The van der Waals surface area contributed by atoms with Crippen LogP contribution in [-0.4, -0.2) is 28.9 Å². The molecule has 0 spiro atoms. The predicted octanol–water partition coefficient (Wildman–Crippen LogP) is 2.50. The lowest BCUT2D eigenvalue weighted by Crippen LogP contribution is -2.61. The van der Waals surface area contributed by atoms with Crippen molar-refractivity contribution in [1.82, 2.24) is 4.98 Å². The van der Waals surface area contributed by atoms with Gasteiger partial charge in [0.1, 0.15) is 11.6 Å². The van der Waals surface area contributed by atoms with Gasteiger partial charge in [-0.05, 0) is 38.1 Å². The van der Waals surface area contributed by atoms with Crippen LogP contribution in [0, 0.1) is 11.6 Å². The Hall–Kier alpha value is -3.03. The zero-order valence-electron chi connectivity index (χ0n) is 13.5. The van der Waals surface area contributed by atoms with Crippen molar-refractivity contribution in [3.8, 4) is 5.75 Å². The maximum Gasteiger partial charge on any atom is 0.282 e. The van der Waals surface area contributed by atoms with Crippen molar-refractivity contribution in [3.63, 3.8) is 0 Å². The number of carbonyl (C=O) groups excluding carboxylic acids is 2. The third-order valence-electron chi connectivity index (χ3n) is 3.90. The number of benzene rings is 1. The number of amides is 2. The fraction of sp³-hybridized carbons (Fsp3) is 0.235. The summed E-state index contributed by atoms with van der Waals surface area (Å²) in [6.45, 7) is 3.31. The van der Waals surface area contributed by atoms with Crippen LogP contribution in [0.25, 0.3) is 0 Å². The summed E-state index contributed by atoms with van der Waals surface area (Å²) < 4.78 is 32.4. The number of hydrogen-bond donors (Lipinski definition) is 1. The molecule has 0 bridgehead atoms. The highest BCUT2D eigenvalue weighted by Gasteiger charge is 2.51. The molecule has 2 aromatic rings. The molecule has 1 aliphatic heterocycles. The maximum atomic E-state index is 13.8. The van der Waals surface area contributed by atoms with E-state index in [1.54, 1.807) is 19.1 Å². The quantitative estimate of drug-likeness (QED) is 0.866. The number of nitrogens with one attached hydrogen (secondary N) is 1. The van der Waals surface area contributed by atoms with E-state index in [-0.39, 0.29) is 18.0 Å². The lowest BCUT2D eigenvalue weighted by atomic mass is 10.0. The Morgan fingerprint density at radius 1 is 1.36 bits per heavy atom. The van der Waals surface area contributed by atoms with Gasteiger partial charge in [0.2, 0.25) is 0 Å². The number of fused-ring (bicyclic) bond motifs is 1. The lowest BCUT2D eigenvalue weighted by Gasteiger charge is -2.38. The van der Waals surface area contributed by atoms with Crippen molar-refractivity contribution in [3.05, 3.63) is 48.2 Å². The number of rotatable bonds is 3. The molecule has 2 amide bonds. The van der Waals surface area contributed by atoms with Gasteiger partial charge < -0.3 is 10.1 Å². The Morgan fingerprint density at radius 2 is 2.12 bits per heavy atom. The minimum Gasteiger partial charge on any atom is -0.464 e. The second-order valence-corrected chi connectivity index (χ2v) is 5.59. The van der Waals surface area contributed by atoms with Crippen LogP contribution in [0.15, 0.2) is 36.5 Å². The van der Waals surface area contributed by atoms with Crippen LogP contribution < -0.4 is 15.0 Å². The van der Waals surface area contributed by atoms with Crippen LogP contribution in [0.1, 0.15) is 13.8 Å². The lowest BCUT2D eigenvalue weighted by molar-refractivity contribution is -0.145. The summed E-state index contributed by atoms with van der Waals surface area (Å²) in [5.74, 6) is -2.63. The fourth-order valence-electron chi connectivity index (χ4n) is 2.55. The van der Waals surface area contributed by atoms with Gasteiger partial charge in [-0.2, -0.15) is 0 Å². The smallest absolute Gasteiger partial charge is 0.282 e. The van der Waals surface area contributed by atoms with E-state index in [4.69, 9.17) is 4.74 Å². The molecule has 0 radical (unpaired) electrons. The zero-order valence-corrected chi connectivity index (χ0v) is 13.5. The number of anilines is 2. The number of ether oxygens (including phenoxy) is 1. The zero-order chi connectivity index (χ0) is 18.2. The molecule has 1 aromatic heterocycles. The molecule has 0 unspecified atom stereocenters. The first-order chi connectivity index (χ1) is 11.9. The Kier molecular flexibility index (Phi) is 4.12. The molecule has 1 atom stereocenters. The minimum absolute atomic E-state index is 0.246. The van der Waals surface area contributed by atoms with E-state index in [0.29, 0.717) is 11.9 Å². The fourth-order valence-corrected chi connectivity index (χ4v) is 2.55. The molecule has 6 nitrogen and oxygen atoms in total. The SMILES string of the molecule is CCN1C(=O)[C@](C)(C(=O)Nc2ccc(F)cc2F)Oc2cccnc21. The summed E-state index contributed by atoms with van der Waals surface area (Å²) in [7, 11) is 0. The van der Waals surface area contributed by atoms with Gasteiger partial charge in [-0.25, -0.2) is 13.8 Å².